The van der Waals surface area contributed by atoms with E-state index in [1.165, 1.54) is 13.8 Å². The van der Waals surface area contributed by atoms with E-state index in [0.29, 0.717) is 0 Å². The van der Waals surface area contributed by atoms with E-state index in [1.807, 2.05) is 30.3 Å². The van der Waals surface area contributed by atoms with Crippen LogP contribution < -0.4 is 0 Å². The van der Waals surface area contributed by atoms with Gasteiger partial charge in [-0.05, 0) is 32.8 Å². The average molecular weight is 611 g/mol. The summed E-state index contributed by atoms with van der Waals surface area (Å²) < 4.78 is 74.9. The molecule has 1 aromatic carbocycles. The lowest BCUT2D eigenvalue weighted by Crippen LogP contribution is -2.40. The molecule has 0 bridgehead atoms. The number of esters is 2. The molecule has 2 rings (SSSR count). The molecule has 5 atom stereocenters. The molecule has 1 saturated heterocycles. The molecule has 0 amide bonds. The van der Waals surface area contributed by atoms with Gasteiger partial charge in [0.25, 0.3) is 0 Å². The summed E-state index contributed by atoms with van der Waals surface area (Å²) in [6, 6.07) is 9.31. The minimum atomic E-state index is -3.76. The molecular formula is C25H40O13P2. The first kappa shape index (κ1) is 34.5. The average Bonchev–Trinajstić information content (AvgIpc) is 3.20. The fourth-order valence-corrected chi connectivity index (χ4v) is 6.67. The van der Waals surface area contributed by atoms with Crippen molar-refractivity contribution in [3.05, 3.63) is 35.9 Å². The first-order valence-electron chi connectivity index (χ1n) is 13.1. The zero-order valence-corrected chi connectivity index (χ0v) is 25.3. The van der Waals surface area contributed by atoms with Crippen LogP contribution >= 0.6 is 15.4 Å². The van der Waals surface area contributed by atoms with Crippen molar-refractivity contribution in [2.24, 2.45) is 0 Å². The lowest BCUT2D eigenvalue weighted by atomic mass is 10.1. The van der Waals surface area contributed by atoms with Crippen LogP contribution in [0.4, 0.5) is 0 Å². The van der Waals surface area contributed by atoms with Gasteiger partial charge >= 0.3 is 27.4 Å². The van der Waals surface area contributed by atoms with Gasteiger partial charge in [0.05, 0.1) is 51.9 Å². The van der Waals surface area contributed by atoms with Gasteiger partial charge in [-0.15, -0.1) is 0 Å². The number of phosphoric ester groups is 1. The van der Waals surface area contributed by atoms with Gasteiger partial charge in [0.1, 0.15) is 6.10 Å². The van der Waals surface area contributed by atoms with Crippen LogP contribution in [0.2, 0.25) is 0 Å². The Bertz CT molecular complexity index is 996. The second-order valence-corrected chi connectivity index (χ2v) is 12.3. The Morgan fingerprint density at radius 2 is 1.40 bits per heavy atom. The standard InChI is InChI=1S/C25H40O13P2/c1-6-31-39(28,34-15-16-35-40(29,32-7-2)33-8-3)17-14-22-23(30-18-21-12-10-9-11-13-21)24(36-19(4)26)25(38-22)37-20(5)27/h9-13,22-25H,6-8,14-18H2,1-5H3. The van der Waals surface area contributed by atoms with E-state index in [9.17, 15) is 18.7 Å². The van der Waals surface area contributed by atoms with Crippen molar-refractivity contribution in [1.82, 2.24) is 0 Å². The van der Waals surface area contributed by atoms with Gasteiger partial charge in [0, 0.05) is 13.8 Å². The van der Waals surface area contributed by atoms with E-state index in [-0.39, 0.29) is 52.2 Å². The molecule has 0 N–H and O–H groups in total. The molecule has 1 aromatic rings. The summed E-state index contributed by atoms with van der Waals surface area (Å²) in [7, 11) is -7.44. The number of rotatable bonds is 19. The normalized spacial score (nSPS) is 22.5. The number of phosphoric acid groups is 1. The van der Waals surface area contributed by atoms with E-state index < -0.39 is 52.0 Å². The molecular weight excluding hydrogens is 570 g/mol. The van der Waals surface area contributed by atoms with Crippen molar-refractivity contribution < 1.29 is 60.3 Å². The number of ether oxygens (including phenoxy) is 4. The topological polar surface area (TPSA) is 151 Å². The molecule has 1 heterocycles. The van der Waals surface area contributed by atoms with E-state index in [4.69, 9.17) is 41.6 Å². The minimum Gasteiger partial charge on any atom is -0.453 e. The molecule has 0 aromatic heterocycles. The highest BCUT2D eigenvalue weighted by molar-refractivity contribution is 7.53. The second kappa shape index (κ2) is 17.3. The summed E-state index contributed by atoms with van der Waals surface area (Å²) in [5, 5.41) is 0. The maximum absolute atomic E-state index is 13.5. The van der Waals surface area contributed by atoms with Gasteiger partial charge in [-0.2, -0.15) is 0 Å². The third kappa shape index (κ3) is 11.7. The zero-order chi connectivity index (χ0) is 29.6. The number of benzene rings is 1. The number of carbonyl (C=O) groups excluding carboxylic acids is 2. The quantitative estimate of drug-likeness (QED) is 0.122. The van der Waals surface area contributed by atoms with Crippen molar-refractivity contribution >= 4 is 27.4 Å². The fraction of sp³-hybridized carbons (Fsp3) is 0.680. The Balaban J connectivity index is 2.11. The van der Waals surface area contributed by atoms with Crippen molar-refractivity contribution in [3.63, 3.8) is 0 Å². The van der Waals surface area contributed by atoms with Gasteiger partial charge in [0.15, 0.2) is 6.10 Å². The van der Waals surface area contributed by atoms with Crippen LogP contribution in [0.1, 0.15) is 46.6 Å². The van der Waals surface area contributed by atoms with Crippen LogP contribution in [0.25, 0.3) is 0 Å². The van der Waals surface area contributed by atoms with E-state index in [0.717, 1.165) is 5.56 Å². The summed E-state index contributed by atoms with van der Waals surface area (Å²) in [6.07, 6.45) is -3.94. The fourth-order valence-electron chi connectivity index (χ4n) is 3.87. The number of hydrogen-bond acceptors (Lipinski definition) is 13. The molecule has 228 valence electrons. The predicted octanol–water partition coefficient (Wildman–Crippen LogP) is 4.63. The van der Waals surface area contributed by atoms with E-state index >= 15 is 0 Å². The lowest BCUT2D eigenvalue weighted by molar-refractivity contribution is -0.195. The number of carbonyl (C=O) groups is 2. The molecule has 5 unspecified atom stereocenters. The summed E-state index contributed by atoms with van der Waals surface area (Å²) in [5.41, 5.74) is 0.860. The molecule has 0 aliphatic carbocycles. The molecule has 15 heteroatoms. The highest BCUT2D eigenvalue weighted by atomic mass is 31.2. The predicted molar refractivity (Wildman–Crippen MR) is 142 cm³/mol. The van der Waals surface area contributed by atoms with Crippen LogP contribution in [-0.2, 0) is 66.9 Å². The van der Waals surface area contributed by atoms with E-state index in [2.05, 4.69) is 0 Å². The van der Waals surface area contributed by atoms with Gasteiger partial charge in [-0.1, -0.05) is 30.3 Å². The highest BCUT2D eigenvalue weighted by Crippen LogP contribution is 2.51. The summed E-state index contributed by atoms with van der Waals surface area (Å²) in [6.45, 7) is 7.44. The molecule has 0 radical (unpaired) electrons. The van der Waals surface area contributed by atoms with Gasteiger partial charge in [-0.3, -0.25) is 27.7 Å². The minimum absolute atomic E-state index is 0.0868. The summed E-state index contributed by atoms with van der Waals surface area (Å²) in [4.78, 5) is 23.6. The molecule has 1 fully saturated rings. The van der Waals surface area contributed by atoms with Gasteiger partial charge < -0.3 is 28.0 Å². The largest absolute Gasteiger partial charge is 0.474 e. The SMILES string of the molecule is CCOP(=O)(CCC1OC(OC(C)=O)C(OC(C)=O)C1OCc1ccccc1)OCCOP(=O)(OCC)OCC. The lowest BCUT2D eigenvalue weighted by Gasteiger charge is -2.25. The maximum atomic E-state index is 13.5. The Morgan fingerprint density at radius 1 is 0.800 bits per heavy atom. The Kier molecular flexibility index (Phi) is 15.0. The second-order valence-electron chi connectivity index (χ2n) is 8.48. The zero-order valence-electron chi connectivity index (χ0n) is 23.6. The Labute approximate surface area is 235 Å². The van der Waals surface area contributed by atoms with Gasteiger partial charge in [0.2, 0.25) is 6.29 Å². The van der Waals surface area contributed by atoms with Crippen molar-refractivity contribution in [2.45, 2.75) is 72.2 Å². The van der Waals surface area contributed by atoms with E-state index in [1.54, 1.807) is 20.8 Å². The van der Waals surface area contributed by atoms with Crippen LogP contribution in [0.3, 0.4) is 0 Å². The monoisotopic (exact) mass is 610 g/mol. The molecule has 0 spiro atoms. The van der Waals surface area contributed by atoms with Crippen LogP contribution in [0.15, 0.2) is 30.3 Å². The molecule has 0 saturated carbocycles. The third-order valence-electron chi connectivity index (χ3n) is 5.35. The van der Waals surface area contributed by atoms with Crippen LogP contribution in [-0.4, -0.2) is 75.7 Å². The summed E-state index contributed by atoms with van der Waals surface area (Å²) >= 11 is 0. The van der Waals surface area contributed by atoms with Crippen LogP contribution in [0, 0.1) is 0 Å². The first-order valence-corrected chi connectivity index (χ1v) is 16.3. The van der Waals surface area contributed by atoms with Crippen molar-refractivity contribution in [2.75, 3.05) is 39.2 Å². The summed E-state index contributed by atoms with van der Waals surface area (Å²) in [5.74, 6) is -1.25. The van der Waals surface area contributed by atoms with Gasteiger partial charge in [-0.25, -0.2) is 4.57 Å². The molecule has 1 aliphatic heterocycles. The molecule has 1 aliphatic rings. The molecule has 40 heavy (non-hydrogen) atoms. The van der Waals surface area contributed by atoms with Crippen molar-refractivity contribution in [1.29, 1.82) is 0 Å². The smallest absolute Gasteiger partial charge is 0.453 e. The maximum Gasteiger partial charge on any atom is 0.474 e. The Morgan fingerprint density at radius 3 is 1.98 bits per heavy atom. The first-order chi connectivity index (χ1) is 19.0. The Hall–Kier alpha value is -1.66. The highest BCUT2D eigenvalue weighted by Gasteiger charge is 2.50. The van der Waals surface area contributed by atoms with Crippen molar-refractivity contribution in [3.8, 4) is 0 Å². The van der Waals surface area contributed by atoms with Crippen LogP contribution in [0.5, 0.6) is 0 Å². The molecule has 13 nitrogen and oxygen atoms in total. The number of hydrogen-bond donors (Lipinski definition) is 0. The third-order valence-corrected chi connectivity index (χ3v) is 9.03.